The molecule has 192 valence electrons. The molecule has 0 aliphatic rings. The molecule has 3 aromatic heterocycles. The first-order chi connectivity index (χ1) is 18.1. The predicted octanol–water partition coefficient (Wildman–Crippen LogP) is 3.52. The van der Waals surface area contributed by atoms with Crippen LogP contribution in [0.25, 0.3) is 22.2 Å². The Bertz CT molecular complexity index is 1340. The number of pyridine rings is 1. The molecule has 10 heteroatoms. The zero-order valence-electron chi connectivity index (χ0n) is 21.0. The van der Waals surface area contributed by atoms with E-state index < -0.39 is 0 Å². The van der Waals surface area contributed by atoms with Gasteiger partial charge >= 0.3 is 0 Å². The second kappa shape index (κ2) is 12.6. The van der Waals surface area contributed by atoms with Crippen LogP contribution >= 0.6 is 0 Å². The zero-order chi connectivity index (χ0) is 26.0. The number of unbranched alkanes of at least 4 members (excludes halogenated alkanes) is 2. The van der Waals surface area contributed by atoms with Gasteiger partial charge in [0.2, 0.25) is 17.7 Å². The monoisotopic (exact) mass is 501 g/mol. The van der Waals surface area contributed by atoms with Crippen LogP contribution in [0.2, 0.25) is 0 Å². The molecule has 0 saturated carbocycles. The molecule has 1 atom stereocenters. The first-order valence-electron chi connectivity index (χ1n) is 12.3. The summed E-state index contributed by atoms with van der Waals surface area (Å²) >= 11 is 0. The molecule has 4 aromatic rings. The minimum absolute atomic E-state index is 0.0300. The number of ether oxygens (including phenoxy) is 1. The number of fused-ring (bicyclic) bond motifs is 1. The average Bonchev–Trinajstić information content (AvgIpc) is 3.42. The van der Waals surface area contributed by atoms with E-state index in [-0.39, 0.29) is 24.3 Å². The average molecular weight is 502 g/mol. The molecule has 0 fully saturated rings. The Morgan fingerprint density at radius 3 is 2.70 bits per heavy atom. The van der Waals surface area contributed by atoms with Crippen molar-refractivity contribution < 1.29 is 14.3 Å². The van der Waals surface area contributed by atoms with E-state index >= 15 is 0 Å². The summed E-state index contributed by atoms with van der Waals surface area (Å²) in [4.78, 5) is 45.2. The van der Waals surface area contributed by atoms with Crippen LogP contribution in [0.3, 0.4) is 0 Å². The number of carbonyl (C=O) groups is 2. The van der Waals surface area contributed by atoms with Crippen molar-refractivity contribution in [2.24, 2.45) is 0 Å². The molecular formula is C27H31N7O3. The van der Waals surface area contributed by atoms with E-state index in [4.69, 9.17) is 4.74 Å². The summed E-state index contributed by atoms with van der Waals surface area (Å²) in [7, 11) is 3.23. The molecule has 1 unspecified atom stereocenters. The van der Waals surface area contributed by atoms with Gasteiger partial charge in [-0.3, -0.25) is 19.6 Å². The summed E-state index contributed by atoms with van der Waals surface area (Å²) in [6.45, 7) is 0. The number of H-pyrrole nitrogens is 1. The molecule has 1 aromatic carbocycles. The maximum atomic E-state index is 12.8. The quantitative estimate of drug-likeness (QED) is 0.253. The van der Waals surface area contributed by atoms with Gasteiger partial charge in [-0.2, -0.15) is 0 Å². The van der Waals surface area contributed by atoms with Gasteiger partial charge < -0.3 is 20.4 Å². The van der Waals surface area contributed by atoms with Crippen molar-refractivity contribution >= 4 is 22.7 Å². The maximum Gasteiger partial charge on any atom is 0.226 e. The predicted molar refractivity (Wildman–Crippen MR) is 140 cm³/mol. The highest BCUT2D eigenvalue weighted by Crippen LogP contribution is 2.31. The third-order valence-electron chi connectivity index (χ3n) is 6.07. The van der Waals surface area contributed by atoms with Crippen LogP contribution in [0.4, 0.5) is 0 Å². The normalized spacial score (nSPS) is 11.7. The van der Waals surface area contributed by atoms with E-state index in [1.54, 1.807) is 38.9 Å². The van der Waals surface area contributed by atoms with Crippen molar-refractivity contribution in [3.05, 3.63) is 66.6 Å². The number of hydrogen-bond acceptors (Lipinski definition) is 7. The highest BCUT2D eigenvalue weighted by Gasteiger charge is 2.20. The van der Waals surface area contributed by atoms with E-state index in [0.717, 1.165) is 41.4 Å². The lowest BCUT2D eigenvalue weighted by Gasteiger charge is -2.17. The highest BCUT2D eigenvalue weighted by atomic mass is 16.5. The first-order valence-corrected chi connectivity index (χ1v) is 12.3. The molecule has 4 rings (SSSR count). The van der Waals surface area contributed by atoms with Gasteiger partial charge in [0.1, 0.15) is 5.82 Å². The molecular weight excluding hydrogens is 470 g/mol. The van der Waals surface area contributed by atoms with Gasteiger partial charge in [0.25, 0.3) is 0 Å². The number of amides is 2. The van der Waals surface area contributed by atoms with Crippen LogP contribution in [-0.4, -0.2) is 50.9 Å². The van der Waals surface area contributed by atoms with Crippen molar-refractivity contribution in [1.29, 1.82) is 0 Å². The van der Waals surface area contributed by atoms with Gasteiger partial charge in [0, 0.05) is 37.4 Å². The van der Waals surface area contributed by atoms with Crippen molar-refractivity contribution in [1.82, 2.24) is 35.6 Å². The SMILES string of the molecule is CNC(=O)CCCCCC(NC(=O)Cc1cnccn1)c1ncc(-c2cc3ccccc3nc2OC)[nH]1. The molecule has 0 spiro atoms. The van der Waals surface area contributed by atoms with Crippen LogP contribution in [-0.2, 0) is 16.0 Å². The Morgan fingerprint density at radius 2 is 1.92 bits per heavy atom. The highest BCUT2D eigenvalue weighted by molar-refractivity contribution is 5.85. The standard InChI is InChI=1S/C27H31N7O3/c1-28-24(35)11-5-3-4-10-22(32-25(36)15-19-16-29-12-13-30-19)26-31-17-23(33-26)20-14-18-8-6-7-9-21(18)34-27(20)37-2/h6-9,12-14,16-17,22H,3-5,10-11,15H2,1-2H3,(H,28,35)(H,31,33)(H,32,36). The van der Waals surface area contributed by atoms with Gasteiger partial charge in [0.15, 0.2) is 0 Å². The number of rotatable bonds is 12. The van der Waals surface area contributed by atoms with Crippen LogP contribution in [0.5, 0.6) is 5.88 Å². The Kier molecular flexibility index (Phi) is 8.75. The largest absolute Gasteiger partial charge is 0.480 e. The summed E-state index contributed by atoms with van der Waals surface area (Å²) in [6.07, 6.45) is 10.2. The van der Waals surface area contributed by atoms with Gasteiger partial charge in [-0.1, -0.05) is 31.0 Å². The summed E-state index contributed by atoms with van der Waals surface area (Å²) in [5, 5.41) is 6.72. The van der Waals surface area contributed by atoms with E-state index in [9.17, 15) is 9.59 Å². The molecule has 10 nitrogen and oxygen atoms in total. The number of carbonyl (C=O) groups excluding carboxylic acids is 2. The molecule has 2 amide bonds. The first kappa shape index (κ1) is 25.7. The van der Waals surface area contributed by atoms with E-state index in [2.05, 4.69) is 35.6 Å². The molecule has 0 radical (unpaired) electrons. The maximum absolute atomic E-state index is 12.8. The third kappa shape index (κ3) is 6.87. The Morgan fingerprint density at radius 1 is 1.05 bits per heavy atom. The number of nitrogens with zero attached hydrogens (tertiary/aromatic N) is 4. The van der Waals surface area contributed by atoms with E-state index in [1.165, 1.54) is 0 Å². The van der Waals surface area contributed by atoms with Gasteiger partial charge in [-0.25, -0.2) is 9.97 Å². The van der Waals surface area contributed by atoms with Crippen LogP contribution in [0, 0.1) is 0 Å². The van der Waals surface area contributed by atoms with Crippen molar-refractivity contribution in [2.45, 2.75) is 44.6 Å². The lowest BCUT2D eigenvalue weighted by atomic mass is 10.1. The summed E-state index contributed by atoms with van der Waals surface area (Å²) < 4.78 is 5.55. The van der Waals surface area contributed by atoms with E-state index in [0.29, 0.717) is 30.2 Å². The van der Waals surface area contributed by atoms with Crippen LogP contribution in [0.15, 0.2) is 55.1 Å². The smallest absolute Gasteiger partial charge is 0.226 e. The topological polar surface area (TPSA) is 135 Å². The molecule has 37 heavy (non-hydrogen) atoms. The summed E-state index contributed by atoms with van der Waals surface area (Å²) in [6, 6.07) is 9.51. The lowest BCUT2D eigenvalue weighted by Crippen LogP contribution is -2.31. The number of benzene rings is 1. The van der Waals surface area contributed by atoms with Crippen molar-refractivity contribution in [3.8, 4) is 17.1 Å². The minimum Gasteiger partial charge on any atom is -0.480 e. The zero-order valence-corrected chi connectivity index (χ0v) is 21.0. The molecule has 0 saturated heterocycles. The lowest BCUT2D eigenvalue weighted by molar-refractivity contribution is -0.121. The Balaban J connectivity index is 1.52. The second-order valence-corrected chi connectivity index (χ2v) is 8.69. The summed E-state index contributed by atoms with van der Waals surface area (Å²) in [5.41, 5.74) is 2.97. The van der Waals surface area contributed by atoms with Gasteiger partial charge in [-0.05, 0) is 25.0 Å². The van der Waals surface area contributed by atoms with Crippen LogP contribution < -0.4 is 15.4 Å². The number of aromatic amines is 1. The number of nitrogens with one attached hydrogen (secondary N) is 3. The van der Waals surface area contributed by atoms with Crippen molar-refractivity contribution in [3.63, 3.8) is 0 Å². The molecule has 3 N–H and O–H groups in total. The van der Waals surface area contributed by atoms with Gasteiger partial charge in [0.05, 0.1) is 48.2 Å². The molecule has 0 aliphatic heterocycles. The van der Waals surface area contributed by atoms with E-state index in [1.807, 2.05) is 30.3 Å². The summed E-state index contributed by atoms with van der Waals surface area (Å²) in [5.74, 6) is 0.997. The van der Waals surface area contributed by atoms with Crippen molar-refractivity contribution in [2.75, 3.05) is 14.2 Å². The second-order valence-electron chi connectivity index (χ2n) is 8.69. The third-order valence-corrected chi connectivity index (χ3v) is 6.07. The van der Waals surface area contributed by atoms with Crippen LogP contribution in [0.1, 0.15) is 49.7 Å². The number of para-hydroxylation sites is 1. The number of aromatic nitrogens is 5. The minimum atomic E-state index is -0.336. The Labute approximate surface area is 215 Å². The number of hydrogen-bond donors (Lipinski definition) is 3. The number of imidazole rings is 1. The fourth-order valence-electron chi connectivity index (χ4n) is 4.14. The molecule has 0 bridgehead atoms. The molecule has 0 aliphatic carbocycles. The Hall–Kier alpha value is -4.34. The van der Waals surface area contributed by atoms with Gasteiger partial charge in [-0.15, -0.1) is 0 Å². The fraction of sp³-hybridized carbons (Fsp3) is 0.333. The number of methoxy groups -OCH3 is 1. The molecule has 3 heterocycles. The fourth-order valence-corrected chi connectivity index (χ4v) is 4.14.